The van der Waals surface area contributed by atoms with Crippen LogP contribution >= 0.6 is 0 Å². The first-order valence-electron chi connectivity index (χ1n) is 6.88. The Balaban J connectivity index is 1.59. The molecule has 3 heterocycles. The highest BCUT2D eigenvalue weighted by molar-refractivity contribution is 5.02. The number of likely N-dealkylation sites (N-methyl/N-ethyl adjacent to an activating group) is 1. The molecule has 0 saturated carbocycles. The summed E-state index contributed by atoms with van der Waals surface area (Å²) in [6, 6.07) is 0. The third kappa shape index (κ3) is 2.88. The van der Waals surface area contributed by atoms with Crippen LogP contribution in [0.15, 0.2) is 12.5 Å². The Morgan fingerprint density at radius 3 is 3.05 bits per heavy atom. The molecule has 0 bridgehead atoms. The van der Waals surface area contributed by atoms with Gasteiger partial charge in [0.1, 0.15) is 18.0 Å². The molecule has 108 valence electrons. The molecule has 20 heavy (non-hydrogen) atoms. The summed E-state index contributed by atoms with van der Waals surface area (Å²) in [7, 11) is 2.08. The molecule has 1 saturated heterocycles. The van der Waals surface area contributed by atoms with Gasteiger partial charge in [0.15, 0.2) is 0 Å². The lowest BCUT2D eigenvalue weighted by molar-refractivity contribution is 0.0705. The number of aryl methyl sites for hydroxylation is 1. The van der Waals surface area contributed by atoms with Crippen LogP contribution in [0.5, 0.6) is 0 Å². The molecule has 7 heteroatoms. The Kier molecular flexibility index (Phi) is 3.79. The lowest BCUT2D eigenvalue weighted by Gasteiger charge is -2.23. The van der Waals surface area contributed by atoms with E-state index in [-0.39, 0.29) is 6.10 Å². The van der Waals surface area contributed by atoms with Crippen LogP contribution in [0.25, 0.3) is 0 Å². The summed E-state index contributed by atoms with van der Waals surface area (Å²) in [6.07, 6.45) is 4.56. The number of hydrogen-bond donors (Lipinski definition) is 2. The first kappa shape index (κ1) is 13.3. The predicted molar refractivity (Wildman–Crippen MR) is 73.1 cm³/mol. The van der Waals surface area contributed by atoms with Gasteiger partial charge in [-0.1, -0.05) is 0 Å². The summed E-state index contributed by atoms with van der Waals surface area (Å²) < 4.78 is 5.84. The van der Waals surface area contributed by atoms with E-state index in [9.17, 15) is 0 Å². The SMILES string of the molecule is Cc1cnc(CN(C)C[C@H]2OCC[C@H]2c2ncn[nH]2)[nH]1. The van der Waals surface area contributed by atoms with Crippen molar-refractivity contribution in [1.29, 1.82) is 0 Å². The van der Waals surface area contributed by atoms with E-state index < -0.39 is 0 Å². The van der Waals surface area contributed by atoms with Crippen molar-refractivity contribution in [2.24, 2.45) is 0 Å². The van der Waals surface area contributed by atoms with E-state index in [0.29, 0.717) is 5.92 Å². The quantitative estimate of drug-likeness (QED) is 0.845. The van der Waals surface area contributed by atoms with Gasteiger partial charge in [-0.05, 0) is 20.4 Å². The molecule has 0 aromatic carbocycles. The van der Waals surface area contributed by atoms with E-state index in [2.05, 4.69) is 37.1 Å². The van der Waals surface area contributed by atoms with Crippen molar-refractivity contribution >= 4 is 0 Å². The van der Waals surface area contributed by atoms with Gasteiger partial charge in [-0.25, -0.2) is 9.97 Å². The fourth-order valence-electron chi connectivity index (χ4n) is 2.71. The number of H-pyrrole nitrogens is 2. The first-order chi connectivity index (χ1) is 9.72. The van der Waals surface area contributed by atoms with Crippen LogP contribution in [0.4, 0.5) is 0 Å². The molecule has 0 amide bonds. The van der Waals surface area contributed by atoms with Crippen molar-refractivity contribution in [2.75, 3.05) is 20.2 Å². The molecule has 1 fully saturated rings. The van der Waals surface area contributed by atoms with Crippen LogP contribution in [-0.4, -0.2) is 56.4 Å². The van der Waals surface area contributed by atoms with Gasteiger partial charge in [0.25, 0.3) is 0 Å². The first-order valence-corrected chi connectivity index (χ1v) is 6.88. The van der Waals surface area contributed by atoms with E-state index in [4.69, 9.17) is 4.74 Å². The molecule has 2 atom stereocenters. The monoisotopic (exact) mass is 276 g/mol. The van der Waals surface area contributed by atoms with Crippen molar-refractivity contribution in [2.45, 2.75) is 31.9 Å². The van der Waals surface area contributed by atoms with Gasteiger partial charge < -0.3 is 9.72 Å². The third-order valence-corrected chi connectivity index (χ3v) is 3.66. The van der Waals surface area contributed by atoms with Crippen LogP contribution in [0, 0.1) is 6.92 Å². The van der Waals surface area contributed by atoms with Crippen LogP contribution in [0.3, 0.4) is 0 Å². The van der Waals surface area contributed by atoms with Crippen molar-refractivity contribution in [3.05, 3.63) is 29.9 Å². The second-order valence-electron chi connectivity index (χ2n) is 5.38. The number of hydrogen-bond acceptors (Lipinski definition) is 5. The second kappa shape index (κ2) is 5.72. The fraction of sp³-hybridized carbons (Fsp3) is 0.615. The van der Waals surface area contributed by atoms with Crippen LogP contribution in [0.2, 0.25) is 0 Å². The smallest absolute Gasteiger partial charge is 0.137 e. The Labute approximate surface area is 117 Å². The molecular weight excluding hydrogens is 256 g/mol. The molecular formula is C13H20N6O. The zero-order chi connectivity index (χ0) is 13.9. The molecule has 1 aliphatic heterocycles. The maximum Gasteiger partial charge on any atom is 0.137 e. The molecule has 0 unspecified atom stereocenters. The van der Waals surface area contributed by atoms with Crippen LogP contribution in [0.1, 0.15) is 29.7 Å². The number of nitrogens with zero attached hydrogens (tertiary/aromatic N) is 4. The number of aromatic nitrogens is 5. The summed E-state index contributed by atoms with van der Waals surface area (Å²) in [5.74, 6) is 2.22. The number of imidazole rings is 1. The molecule has 0 radical (unpaired) electrons. The standard InChI is InChI=1S/C13H20N6O/c1-9-5-14-12(17-9)7-19(2)6-11-10(3-4-20-11)13-15-8-16-18-13/h5,8,10-11H,3-4,6-7H2,1-2H3,(H,14,17)(H,15,16,18)/t10-,11-/m1/s1. The Bertz CT molecular complexity index is 537. The fourth-order valence-corrected chi connectivity index (χ4v) is 2.71. The maximum atomic E-state index is 5.84. The number of ether oxygens (including phenoxy) is 1. The Hall–Kier alpha value is -1.73. The number of nitrogens with one attached hydrogen (secondary N) is 2. The summed E-state index contributed by atoms with van der Waals surface area (Å²) >= 11 is 0. The molecule has 2 aromatic rings. The summed E-state index contributed by atoms with van der Waals surface area (Å²) in [5.41, 5.74) is 1.09. The molecule has 7 nitrogen and oxygen atoms in total. The highest BCUT2D eigenvalue weighted by atomic mass is 16.5. The Morgan fingerprint density at radius 2 is 2.35 bits per heavy atom. The normalized spacial score (nSPS) is 22.8. The summed E-state index contributed by atoms with van der Waals surface area (Å²) in [6.45, 7) is 4.43. The van der Waals surface area contributed by atoms with E-state index in [1.54, 1.807) is 6.33 Å². The lowest BCUT2D eigenvalue weighted by atomic mass is 10.0. The van der Waals surface area contributed by atoms with Crippen LogP contribution in [-0.2, 0) is 11.3 Å². The zero-order valence-electron chi connectivity index (χ0n) is 11.8. The van der Waals surface area contributed by atoms with Gasteiger partial charge in [-0.2, -0.15) is 5.10 Å². The second-order valence-corrected chi connectivity index (χ2v) is 5.38. The van der Waals surface area contributed by atoms with Crippen molar-refractivity contribution < 1.29 is 4.74 Å². The van der Waals surface area contributed by atoms with E-state index in [1.165, 1.54) is 0 Å². The van der Waals surface area contributed by atoms with Gasteiger partial charge in [0, 0.05) is 31.0 Å². The average Bonchev–Trinajstić information content (AvgIpc) is 3.10. The van der Waals surface area contributed by atoms with E-state index in [0.717, 1.165) is 43.5 Å². The van der Waals surface area contributed by atoms with Crippen molar-refractivity contribution in [3.8, 4) is 0 Å². The molecule has 0 aliphatic carbocycles. The Morgan fingerprint density at radius 1 is 1.45 bits per heavy atom. The topological polar surface area (TPSA) is 82.7 Å². The maximum absolute atomic E-state index is 5.84. The van der Waals surface area contributed by atoms with Gasteiger partial charge in [-0.3, -0.25) is 10.00 Å². The highest BCUT2D eigenvalue weighted by Crippen LogP contribution is 2.29. The number of rotatable bonds is 5. The largest absolute Gasteiger partial charge is 0.376 e. The molecule has 2 N–H and O–H groups in total. The van der Waals surface area contributed by atoms with Gasteiger partial charge in [0.05, 0.1) is 12.6 Å². The zero-order valence-corrected chi connectivity index (χ0v) is 11.8. The summed E-state index contributed by atoms with van der Waals surface area (Å²) in [5, 5.41) is 6.89. The average molecular weight is 276 g/mol. The molecule has 1 aliphatic rings. The minimum Gasteiger partial charge on any atom is -0.376 e. The predicted octanol–water partition coefficient (Wildman–Crippen LogP) is 0.841. The molecule has 3 rings (SSSR count). The molecule has 2 aromatic heterocycles. The van der Waals surface area contributed by atoms with Crippen molar-refractivity contribution in [3.63, 3.8) is 0 Å². The minimum atomic E-state index is 0.156. The van der Waals surface area contributed by atoms with E-state index >= 15 is 0 Å². The third-order valence-electron chi connectivity index (χ3n) is 3.66. The van der Waals surface area contributed by atoms with Crippen LogP contribution < -0.4 is 0 Å². The van der Waals surface area contributed by atoms with Gasteiger partial charge in [-0.15, -0.1) is 0 Å². The van der Waals surface area contributed by atoms with Gasteiger partial charge in [0.2, 0.25) is 0 Å². The van der Waals surface area contributed by atoms with E-state index in [1.807, 2.05) is 13.1 Å². The molecule has 0 spiro atoms. The summed E-state index contributed by atoms with van der Waals surface area (Å²) in [4.78, 5) is 14.1. The minimum absolute atomic E-state index is 0.156. The highest BCUT2D eigenvalue weighted by Gasteiger charge is 2.32. The lowest BCUT2D eigenvalue weighted by Crippen LogP contribution is -2.32. The van der Waals surface area contributed by atoms with Crippen molar-refractivity contribution in [1.82, 2.24) is 30.0 Å². The number of aromatic amines is 2. The van der Waals surface area contributed by atoms with Gasteiger partial charge >= 0.3 is 0 Å².